The van der Waals surface area contributed by atoms with Crippen LogP contribution in [0.2, 0.25) is 5.02 Å². The number of anilines is 1. The molecule has 21 heavy (non-hydrogen) atoms. The van der Waals surface area contributed by atoms with E-state index in [0.29, 0.717) is 16.5 Å². The Bertz CT molecular complexity index is 715. The summed E-state index contributed by atoms with van der Waals surface area (Å²) in [5.74, 6) is 0.502. The molecule has 1 aliphatic heterocycles. The van der Waals surface area contributed by atoms with Gasteiger partial charge in [0.25, 0.3) is 5.91 Å². The van der Waals surface area contributed by atoms with Crippen LogP contribution in [0.15, 0.2) is 36.4 Å². The van der Waals surface area contributed by atoms with Crippen molar-refractivity contribution in [1.29, 1.82) is 0 Å². The zero-order chi connectivity index (χ0) is 15.0. The van der Waals surface area contributed by atoms with Crippen molar-refractivity contribution in [3.63, 3.8) is 0 Å². The predicted molar refractivity (Wildman–Crippen MR) is 84.5 cm³/mol. The van der Waals surface area contributed by atoms with E-state index in [1.807, 2.05) is 43.3 Å². The van der Waals surface area contributed by atoms with Crippen molar-refractivity contribution >= 4 is 34.8 Å². The molecular weight excluding hydrogens is 309 g/mol. The monoisotopic (exact) mass is 321 g/mol. The van der Waals surface area contributed by atoms with E-state index < -0.39 is 0 Å². The Morgan fingerprint density at radius 3 is 2.67 bits per heavy atom. The summed E-state index contributed by atoms with van der Waals surface area (Å²) in [6.07, 6.45) is 0. The Kier molecular flexibility index (Phi) is 3.79. The van der Waals surface area contributed by atoms with Gasteiger partial charge in [-0.1, -0.05) is 29.8 Å². The standard InChI is InChI=1S/C16H13Cl2NO2/c1-9-6-10(2-4-12(9)17)16(18)11-3-5-14-13(7-11)19-15(20)8-21-14/h2-7,16H,8H2,1H3,(H,19,20). The van der Waals surface area contributed by atoms with Crippen LogP contribution in [-0.4, -0.2) is 12.5 Å². The first-order chi connectivity index (χ1) is 10.0. The molecule has 0 fully saturated rings. The van der Waals surface area contributed by atoms with Crippen molar-refractivity contribution in [2.24, 2.45) is 0 Å². The van der Waals surface area contributed by atoms with E-state index in [0.717, 1.165) is 16.7 Å². The van der Waals surface area contributed by atoms with Crippen LogP contribution in [0.1, 0.15) is 22.1 Å². The first-order valence-electron chi connectivity index (χ1n) is 6.51. The minimum Gasteiger partial charge on any atom is -0.482 e. The number of fused-ring (bicyclic) bond motifs is 1. The first kappa shape index (κ1) is 14.2. The Morgan fingerprint density at radius 2 is 1.90 bits per heavy atom. The maximum absolute atomic E-state index is 11.4. The average Bonchev–Trinajstić information content (AvgIpc) is 2.48. The van der Waals surface area contributed by atoms with E-state index in [4.69, 9.17) is 27.9 Å². The van der Waals surface area contributed by atoms with E-state index in [1.54, 1.807) is 0 Å². The molecule has 0 saturated carbocycles. The van der Waals surface area contributed by atoms with Crippen LogP contribution in [0.5, 0.6) is 5.75 Å². The molecule has 0 aliphatic carbocycles. The molecule has 1 N–H and O–H groups in total. The number of alkyl halides is 1. The molecule has 108 valence electrons. The lowest BCUT2D eigenvalue weighted by Crippen LogP contribution is -2.25. The van der Waals surface area contributed by atoms with E-state index in [1.165, 1.54) is 0 Å². The summed E-state index contributed by atoms with van der Waals surface area (Å²) in [4.78, 5) is 11.4. The van der Waals surface area contributed by atoms with Gasteiger partial charge in [-0.05, 0) is 41.8 Å². The highest BCUT2D eigenvalue weighted by Gasteiger charge is 2.19. The molecule has 1 atom stereocenters. The van der Waals surface area contributed by atoms with E-state index in [9.17, 15) is 4.79 Å². The summed E-state index contributed by atoms with van der Waals surface area (Å²) in [5, 5.41) is 3.19. The molecule has 3 nitrogen and oxygen atoms in total. The zero-order valence-electron chi connectivity index (χ0n) is 11.3. The van der Waals surface area contributed by atoms with Crippen molar-refractivity contribution in [2.75, 3.05) is 11.9 Å². The molecule has 2 aromatic carbocycles. The largest absolute Gasteiger partial charge is 0.482 e. The summed E-state index contributed by atoms with van der Waals surface area (Å²) >= 11 is 12.6. The van der Waals surface area contributed by atoms with Gasteiger partial charge in [-0.15, -0.1) is 11.6 Å². The van der Waals surface area contributed by atoms with E-state index in [-0.39, 0.29) is 17.9 Å². The summed E-state index contributed by atoms with van der Waals surface area (Å²) in [6.45, 7) is 1.99. The number of hydrogen-bond acceptors (Lipinski definition) is 2. The van der Waals surface area contributed by atoms with Crippen LogP contribution in [0.3, 0.4) is 0 Å². The summed E-state index contributed by atoms with van der Waals surface area (Å²) in [6, 6.07) is 11.3. The Labute approximate surface area is 132 Å². The van der Waals surface area contributed by atoms with Crippen molar-refractivity contribution in [2.45, 2.75) is 12.3 Å². The fourth-order valence-corrected chi connectivity index (χ4v) is 2.67. The molecule has 2 aromatic rings. The molecule has 0 radical (unpaired) electrons. The maximum atomic E-state index is 11.4. The fraction of sp³-hybridized carbons (Fsp3) is 0.188. The number of benzene rings is 2. The van der Waals surface area contributed by atoms with Crippen molar-refractivity contribution in [3.05, 3.63) is 58.1 Å². The van der Waals surface area contributed by atoms with Crippen LogP contribution >= 0.6 is 23.2 Å². The lowest BCUT2D eigenvalue weighted by Gasteiger charge is -2.20. The van der Waals surface area contributed by atoms with Gasteiger partial charge in [0.15, 0.2) is 6.61 Å². The number of carbonyl (C=O) groups is 1. The molecule has 1 aliphatic rings. The summed E-state index contributed by atoms with van der Waals surface area (Å²) < 4.78 is 5.34. The lowest BCUT2D eigenvalue weighted by molar-refractivity contribution is -0.118. The van der Waals surface area contributed by atoms with Gasteiger partial charge in [0.1, 0.15) is 5.75 Å². The summed E-state index contributed by atoms with van der Waals surface area (Å²) in [5.41, 5.74) is 3.49. The predicted octanol–water partition coefficient (Wildman–Crippen LogP) is 4.31. The van der Waals surface area contributed by atoms with Gasteiger partial charge in [0.2, 0.25) is 0 Å². The average molecular weight is 322 g/mol. The Balaban J connectivity index is 1.94. The highest BCUT2D eigenvalue weighted by atomic mass is 35.5. The van der Waals surface area contributed by atoms with Gasteiger partial charge < -0.3 is 10.1 Å². The van der Waals surface area contributed by atoms with Crippen LogP contribution in [-0.2, 0) is 4.79 Å². The van der Waals surface area contributed by atoms with Gasteiger partial charge in [-0.3, -0.25) is 4.79 Å². The topological polar surface area (TPSA) is 38.3 Å². The molecule has 1 unspecified atom stereocenters. The van der Waals surface area contributed by atoms with Crippen molar-refractivity contribution in [3.8, 4) is 5.75 Å². The molecule has 0 bridgehead atoms. The van der Waals surface area contributed by atoms with Gasteiger partial charge in [-0.2, -0.15) is 0 Å². The van der Waals surface area contributed by atoms with Crippen molar-refractivity contribution < 1.29 is 9.53 Å². The molecule has 0 spiro atoms. The molecule has 0 saturated heterocycles. The summed E-state index contributed by atoms with van der Waals surface area (Å²) in [7, 11) is 0. The quantitative estimate of drug-likeness (QED) is 0.837. The SMILES string of the molecule is Cc1cc(C(Cl)c2ccc3c(c2)NC(=O)CO3)ccc1Cl. The van der Waals surface area contributed by atoms with E-state index >= 15 is 0 Å². The molecule has 0 aromatic heterocycles. The lowest BCUT2D eigenvalue weighted by atomic mass is 10.0. The van der Waals surface area contributed by atoms with Crippen LogP contribution < -0.4 is 10.1 Å². The third-order valence-corrected chi connectivity index (χ3v) is 4.33. The number of rotatable bonds is 2. The second kappa shape index (κ2) is 5.58. The molecule has 1 heterocycles. The van der Waals surface area contributed by atoms with Gasteiger partial charge >= 0.3 is 0 Å². The number of hydrogen-bond donors (Lipinski definition) is 1. The third-order valence-electron chi connectivity index (χ3n) is 3.40. The molecule has 1 amide bonds. The molecular formula is C16H13Cl2NO2. The Morgan fingerprint density at radius 1 is 1.19 bits per heavy atom. The first-order valence-corrected chi connectivity index (χ1v) is 7.33. The number of amides is 1. The minimum atomic E-state index is -0.315. The van der Waals surface area contributed by atoms with Crippen molar-refractivity contribution in [1.82, 2.24) is 0 Å². The molecule has 3 rings (SSSR count). The number of aryl methyl sites for hydroxylation is 1. The van der Waals surface area contributed by atoms with Crippen LogP contribution in [0.25, 0.3) is 0 Å². The minimum absolute atomic E-state index is 0.0486. The molecule has 5 heteroatoms. The number of nitrogens with one attached hydrogen (secondary N) is 1. The van der Waals surface area contributed by atoms with Crippen LogP contribution in [0, 0.1) is 6.92 Å². The maximum Gasteiger partial charge on any atom is 0.262 e. The highest BCUT2D eigenvalue weighted by Crippen LogP contribution is 2.36. The third kappa shape index (κ3) is 2.85. The fourth-order valence-electron chi connectivity index (χ4n) is 2.28. The second-order valence-corrected chi connectivity index (χ2v) is 5.81. The normalized spacial score (nSPS) is 14.9. The van der Waals surface area contributed by atoms with Gasteiger partial charge in [0.05, 0.1) is 11.1 Å². The zero-order valence-corrected chi connectivity index (χ0v) is 12.8. The number of carbonyl (C=O) groups excluding carboxylic acids is 1. The van der Waals surface area contributed by atoms with Gasteiger partial charge in [0, 0.05) is 5.02 Å². The number of halogens is 2. The van der Waals surface area contributed by atoms with E-state index in [2.05, 4.69) is 5.32 Å². The smallest absolute Gasteiger partial charge is 0.262 e. The van der Waals surface area contributed by atoms with Crippen LogP contribution in [0.4, 0.5) is 5.69 Å². The highest BCUT2D eigenvalue weighted by molar-refractivity contribution is 6.31. The number of ether oxygens (including phenoxy) is 1. The van der Waals surface area contributed by atoms with Gasteiger partial charge in [-0.25, -0.2) is 0 Å². The Hall–Kier alpha value is -1.71. The second-order valence-electron chi connectivity index (χ2n) is 4.96.